The van der Waals surface area contributed by atoms with Gasteiger partial charge in [-0.15, -0.1) is 10.2 Å². The molecule has 1 N–H and O–H groups in total. The molecule has 5 rings (SSSR count). The van der Waals surface area contributed by atoms with Crippen LogP contribution in [0.25, 0.3) is 22.9 Å². The number of carbonyl (C=O) groups excluding carboxylic acids is 1. The van der Waals surface area contributed by atoms with Gasteiger partial charge < -0.3 is 9.73 Å². The number of aromatic nitrogens is 2. The summed E-state index contributed by atoms with van der Waals surface area (Å²) < 4.78 is 5.88. The van der Waals surface area contributed by atoms with Crippen LogP contribution in [0.5, 0.6) is 0 Å². The second-order valence-corrected chi connectivity index (χ2v) is 10.3. The highest BCUT2D eigenvalue weighted by atomic mass is 32.2. The summed E-state index contributed by atoms with van der Waals surface area (Å²) in [5, 5.41) is 11.6. The normalized spacial score (nSPS) is 18.3. The molecule has 0 radical (unpaired) electrons. The van der Waals surface area contributed by atoms with E-state index in [9.17, 15) is 4.79 Å². The molecule has 2 aliphatic rings. The third-order valence-electron chi connectivity index (χ3n) is 6.88. The molecule has 7 heteroatoms. The van der Waals surface area contributed by atoms with Crippen LogP contribution in [0, 0.1) is 6.92 Å². The minimum absolute atomic E-state index is 0.0230. The van der Waals surface area contributed by atoms with Crippen molar-refractivity contribution < 1.29 is 9.21 Å². The number of nitrogens with one attached hydrogen (secondary N) is 1. The summed E-state index contributed by atoms with van der Waals surface area (Å²) in [6.07, 6.45) is 4.86. The average molecular weight is 463 g/mol. The summed E-state index contributed by atoms with van der Waals surface area (Å²) in [7, 11) is 0. The predicted octanol–water partition coefficient (Wildman–Crippen LogP) is 4.80. The minimum atomic E-state index is -0.0230. The molecule has 1 saturated heterocycles. The molecule has 0 bridgehead atoms. The van der Waals surface area contributed by atoms with Gasteiger partial charge >= 0.3 is 0 Å². The van der Waals surface area contributed by atoms with Gasteiger partial charge in [0.1, 0.15) is 0 Å². The van der Waals surface area contributed by atoms with Gasteiger partial charge in [0.2, 0.25) is 11.8 Å². The molecule has 33 heavy (non-hydrogen) atoms. The lowest BCUT2D eigenvalue weighted by Crippen LogP contribution is -2.56. The van der Waals surface area contributed by atoms with Crippen LogP contribution in [-0.2, 0) is 0 Å². The first-order valence-electron chi connectivity index (χ1n) is 11.7. The summed E-state index contributed by atoms with van der Waals surface area (Å²) in [4.78, 5) is 15.5. The van der Waals surface area contributed by atoms with E-state index in [0.717, 1.165) is 36.3 Å². The summed E-state index contributed by atoms with van der Waals surface area (Å²) in [5.74, 6) is 3.31. The van der Waals surface area contributed by atoms with Gasteiger partial charge in [-0.3, -0.25) is 9.69 Å². The van der Waals surface area contributed by atoms with Gasteiger partial charge in [0.15, 0.2) is 0 Å². The van der Waals surface area contributed by atoms with Crippen molar-refractivity contribution in [3.8, 4) is 22.9 Å². The Bertz CT molecular complexity index is 1100. The van der Waals surface area contributed by atoms with Crippen molar-refractivity contribution in [3.05, 3.63) is 59.7 Å². The number of thioether (sulfide) groups is 1. The van der Waals surface area contributed by atoms with Gasteiger partial charge in [-0.05, 0) is 56.2 Å². The molecule has 1 aliphatic carbocycles. The van der Waals surface area contributed by atoms with Crippen molar-refractivity contribution in [3.63, 3.8) is 0 Å². The third kappa shape index (κ3) is 4.84. The number of benzene rings is 2. The van der Waals surface area contributed by atoms with Crippen LogP contribution >= 0.6 is 11.8 Å². The molecular weight excluding hydrogens is 432 g/mol. The Kier molecular flexibility index (Phi) is 6.51. The molecule has 1 amide bonds. The van der Waals surface area contributed by atoms with E-state index in [1.807, 2.05) is 67.2 Å². The van der Waals surface area contributed by atoms with E-state index in [2.05, 4.69) is 20.4 Å². The van der Waals surface area contributed by atoms with Crippen LogP contribution in [0.2, 0.25) is 0 Å². The number of rotatable bonds is 6. The van der Waals surface area contributed by atoms with Crippen LogP contribution < -0.4 is 5.32 Å². The molecule has 1 saturated carbocycles. The second-order valence-electron chi connectivity index (χ2n) is 9.07. The Balaban J connectivity index is 1.24. The first-order valence-corrected chi connectivity index (χ1v) is 12.9. The molecular formula is C26H30N4O2S. The standard InChI is InChI=1S/C26H30N4O2S/c1-19-5-4-6-22(17-19)25-29-28-24(32-25)21-9-7-20(8-10-21)23(31)27-18-26(11-2-3-12-26)30-13-15-33-16-14-30/h4-10,17H,2-3,11-16,18H2,1H3,(H,27,31). The summed E-state index contributed by atoms with van der Waals surface area (Å²) >= 11 is 2.03. The number of nitrogens with zero attached hydrogens (tertiary/aromatic N) is 3. The van der Waals surface area contributed by atoms with Gasteiger partial charge in [-0.2, -0.15) is 11.8 Å². The molecule has 0 atom stereocenters. The van der Waals surface area contributed by atoms with Crippen LogP contribution in [0.4, 0.5) is 0 Å². The Hall–Kier alpha value is -2.64. The fourth-order valence-corrected chi connectivity index (χ4v) is 5.92. The Morgan fingerprint density at radius 1 is 1.03 bits per heavy atom. The SMILES string of the molecule is Cc1cccc(-c2nnc(-c3ccc(C(=O)NCC4(N5CCSCC5)CCCC4)cc3)o2)c1. The lowest BCUT2D eigenvalue weighted by atomic mass is 9.94. The molecule has 1 aromatic heterocycles. The number of aryl methyl sites for hydroxylation is 1. The van der Waals surface area contributed by atoms with Crippen molar-refractivity contribution in [1.82, 2.24) is 20.4 Å². The van der Waals surface area contributed by atoms with Gasteiger partial charge in [0.05, 0.1) is 0 Å². The maximum atomic E-state index is 12.9. The molecule has 1 aliphatic heterocycles. The monoisotopic (exact) mass is 462 g/mol. The Morgan fingerprint density at radius 3 is 2.42 bits per heavy atom. The van der Waals surface area contributed by atoms with Crippen molar-refractivity contribution in [2.24, 2.45) is 0 Å². The molecule has 0 unspecified atom stereocenters. The quantitative estimate of drug-likeness (QED) is 0.567. The highest BCUT2D eigenvalue weighted by Gasteiger charge is 2.40. The smallest absolute Gasteiger partial charge is 0.251 e. The van der Waals surface area contributed by atoms with E-state index in [1.165, 1.54) is 37.2 Å². The highest BCUT2D eigenvalue weighted by Crippen LogP contribution is 2.36. The van der Waals surface area contributed by atoms with Crippen molar-refractivity contribution in [2.45, 2.75) is 38.1 Å². The van der Waals surface area contributed by atoms with Gasteiger partial charge in [0.25, 0.3) is 5.91 Å². The summed E-state index contributed by atoms with van der Waals surface area (Å²) in [6, 6.07) is 15.4. The minimum Gasteiger partial charge on any atom is -0.416 e. The number of carbonyl (C=O) groups is 1. The number of hydrogen-bond acceptors (Lipinski definition) is 6. The molecule has 3 aromatic rings. The van der Waals surface area contributed by atoms with E-state index >= 15 is 0 Å². The van der Waals surface area contributed by atoms with Crippen LogP contribution in [0.1, 0.15) is 41.6 Å². The Labute approximate surface area is 199 Å². The van der Waals surface area contributed by atoms with E-state index in [0.29, 0.717) is 17.3 Å². The second kappa shape index (κ2) is 9.69. The maximum absolute atomic E-state index is 12.9. The van der Waals surface area contributed by atoms with Crippen LogP contribution in [0.15, 0.2) is 52.9 Å². The molecule has 2 aromatic carbocycles. The van der Waals surface area contributed by atoms with Crippen molar-refractivity contribution in [2.75, 3.05) is 31.1 Å². The van der Waals surface area contributed by atoms with Gasteiger partial charge in [-0.25, -0.2) is 0 Å². The van der Waals surface area contributed by atoms with Gasteiger partial charge in [0, 0.05) is 53.4 Å². The Morgan fingerprint density at radius 2 is 1.73 bits per heavy atom. The highest BCUT2D eigenvalue weighted by molar-refractivity contribution is 7.99. The average Bonchev–Trinajstić information content (AvgIpc) is 3.54. The topological polar surface area (TPSA) is 71.3 Å². The van der Waals surface area contributed by atoms with E-state index in [-0.39, 0.29) is 11.4 Å². The largest absolute Gasteiger partial charge is 0.416 e. The molecule has 172 valence electrons. The molecule has 6 nitrogen and oxygen atoms in total. The first-order chi connectivity index (χ1) is 16.1. The van der Waals surface area contributed by atoms with E-state index < -0.39 is 0 Å². The zero-order valence-electron chi connectivity index (χ0n) is 19.0. The maximum Gasteiger partial charge on any atom is 0.251 e. The number of hydrogen-bond donors (Lipinski definition) is 1. The number of amides is 1. The summed E-state index contributed by atoms with van der Waals surface area (Å²) in [6.45, 7) is 5.01. The lowest BCUT2D eigenvalue weighted by molar-refractivity contribution is 0.0817. The van der Waals surface area contributed by atoms with Crippen LogP contribution in [0.3, 0.4) is 0 Å². The van der Waals surface area contributed by atoms with E-state index in [4.69, 9.17) is 4.42 Å². The van der Waals surface area contributed by atoms with Crippen molar-refractivity contribution in [1.29, 1.82) is 0 Å². The predicted molar refractivity (Wildman–Crippen MR) is 132 cm³/mol. The molecule has 2 fully saturated rings. The zero-order valence-corrected chi connectivity index (χ0v) is 19.9. The first kappa shape index (κ1) is 22.2. The third-order valence-corrected chi connectivity index (χ3v) is 7.82. The fraction of sp³-hybridized carbons (Fsp3) is 0.423. The lowest BCUT2D eigenvalue weighted by Gasteiger charge is -2.43. The summed E-state index contributed by atoms with van der Waals surface area (Å²) in [5.41, 5.74) is 3.63. The van der Waals surface area contributed by atoms with E-state index in [1.54, 1.807) is 0 Å². The fourth-order valence-electron chi connectivity index (χ4n) is 5.02. The zero-order chi connectivity index (χ0) is 22.7. The van der Waals surface area contributed by atoms with Crippen molar-refractivity contribution >= 4 is 17.7 Å². The molecule has 2 heterocycles. The van der Waals surface area contributed by atoms with Gasteiger partial charge in [-0.1, -0.05) is 30.5 Å². The molecule has 0 spiro atoms. The van der Waals surface area contributed by atoms with Crippen LogP contribution in [-0.4, -0.2) is 57.7 Å².